The first kappa shape index (κ1) is 10.7. The summed E-state index contributed by atoms with van der Waals surface area (Å²) in [7, 11) is 0. The van der Waals surface area contributed by atoms with E-state index in [9.17, 15) is 9.90 Å². The Morgan fingerprint density at radius 2 is 2.00 bits per heavy atom. The van der Waals surface area contributed by atoms with E-state index < -0.39 is 11.4 Å². The molecule has 2 rings (SSSR count). The number of rotatable bonds is 2. The molecule has 0 atom stereocenters. The van der Waals surface area contributed by atoms with Gasteiger partial charge >= 0.3 is 5.97 Å². The van der Waals surface area contributed by atoms with Crippen LogP contribution in [0.15, 0.2) is 6.07 Å². The SMILES string of the molecule is Cc1cc(C2(C(=O)O)CCCC2)c(C)s1. The second-order valence-corrected chi connectivity index (χ2v) is 5.88. The number of thiophene rings is 1. The number of hydrogen-bond donors (Lipinski definition) is 1. The zero-order valence-corrected chi connectivity index (χ0v) is 9.99. The van der Waals surface area contributed by atoms with E-state index in [0.29, 0.717) is 0 Å². The molecule has 1 aromatic heterocycles. The van der Waals surface area contributed by atoms with E-state index in [2.05, 4.69) is 6.07 Å². The van der Waals surface area contributed by atoms with Crippen LogP contribution in [0.5, 0.6) is 0 Å². The highest BCUT2D eigenvalue weighted by atomic mass is 32.1. The highest BCUT2D eigenvalue weighted by Gasteiger charge is 2.44. The van der Waals surface area contributed by atoms with Gasteiger partial charge in [0.25, 0.3) is 0 Å². The summed E-state index contributed by atoms with van der Waals surface area (Å²) in [4.78, 5) is 13.9. The molecule has 2 nitrogen and oxygen atoms in total. The molecule has 0 aromatic carbocycles. The van der Waals surface area contributed by atoms with Gasteiger partial charge in [0.2, 0.25) is 0 Å². The van der Waals surface area contributed by atoms with Gasteiger partial charge in [-0.2, -0.15) is 0 Å². The van der Waals surface area contributed by atoms with Crippen LogP contribution >= 0.6 is 11.3 Å². The third-order valence-corrected chi connectivity index (χ3v) is 4.39. The van der Waals surface area contributed by atoms with Gasteiger partial charge in [-0.3, -0.25) is 4.79 Å². The van der Waals surface area contributed by atoms with Gasteiger partial charge in [-0.15, -0.1) is 11.3 Å². The number of carboxylic acids is 1. The second kappa shape index (κ2) is 3.63. The lowest BCUT2D eigenvalue weighted by Gasteiger charge is -2.23. The van der Waals surface area contributed by atoms with Crippen LogP contribution in [0.2, 0.25) is 0 Å². The van der Waals surface area contributed by atoms with Gasteiger partial charge in [-0.05, 0) is 38.3 Å². The number of hydrogen-bond acceptors (Lipinski definition) is 2. The van der Waals surface area contributed by atoms with Crippen molar-refractivity contribution in [2.75, 3.05) is 0 Å². The Morgan fingerprint density at radius 1 is 1.40 bits per heavy atom. The van der Waals surface area contributed by atoms with Crippen LogP contribution in [0, 0.1) is 13.8 Å². The van der Waals surface area contributed by atoms with Crippen molar-refractivity contribution in [2.24, 2.45) is 0 Å². The fourth-order valence-electron chi connectivity index (χ4n) is 2.68. The van der Waals surface area contributed by atoms with Crippen molar-refractivity contribution >= 4 is 17.3 Å². The molecule has 1 heterocycles. The van der Waals surface area contributed by atoms with Crippen LogP contribution in [-0.4, -0.2) is 11.1 Å². The van der Waals surface area contributed by atoms with Crippen molar-refractivity contribution < 1.29 is 9.90 Å². The van der Waals surface area contributed by atoms with Gasteiger partial charge in [0.05, 0.1) is 5.41 Å². The lowest BCUT2D eigenvalue weighted by Crippen LogP contribution is -2.32. The molecule has 1 aliphatic rings. The second-order valence-electron chi connectivity index (χ2n) is 4.42. The molecule has 1 aliphatic carbocycles. The van der Waals surface area contributed by atoms with E-state index in [1.165, 1.54) is 9.75 Å². The molecule has 0 saturated heterocycles. The molecule has 1 saturated carbocycles. The van der Waals surface area contributed by atoms with Crippen LogP contribution in [0.4, 0.5) is 0 Å². The minimum atomic E-state index is -0.638. The van der Waals surface area contributed by atoms with Gasteiger partial charge < -0.3 is 5.11 Å². The Morgan fingerprint density at radius 3 is 2.40 bits per heavy atom. The van der Waals surface area contributed by atoms with E-state index in [1.54, 1.807) is 11.3 Å². The van der Waals surface area contributed by atoms with Crippen molar-refractivity contribution in [3.05, 3.63) is 21.4 Å². The fourth-order valence-corrected chi connectivity index (χ4v) is 3.71. The minimum Gasteiger partial charge on any atom is -0.481 e. The molecule has 82 valence electrons. The van der Waals surface area contributed by atoms with Crippen LogP contribution in [0.3, 0.4) is 0 Å². The van der Waals surface area contributed by atoms with Crippen LogP contribution in [0.1, 0.15) is 41.0 Å². The van der Waals surface area contributed by atoms with E-state index in [4.69, 9.17) is 0 Å². The Kier molecular flexibility index (Phi) is 2.59. The topological polar surface area (TPSA) is 37.3 Å². The normalized spacial score (nSPS) is 19.3. The minimum absolute atomic E-state index is 0.575. The summed E-state index contributed by atoms with van der Waals surface area (Å²) in [5, 5.41) is 9.46. The molecule has 0 amide bonds. The third-order valence-electron chi connectivity index (χ3n) is 3.42. The van der Waals surface area contributed by atoms with Crippen LogP contribution in [0.25, 0.3) is 0 Å². The lowest BCUT2D eigenvalue weighted by atomic mass is 9.79. The monoisotopic (exact) mass is 224 g/mol. The summed E-state index contributed by atoms with van der Waals surface area (Å²) in [6, 6.07) is 2.07. The number of carbonyl (C=O) groups is 1. The largest absolute Gasteiger partial charge is 0.481 e. The number of aryl methyl sites for hydroxylation is 2. The molecule has 0 spiro atoms. The molecule has 1 fully saturated rings. The lowest BCUT2D eigenvalue weighted by molar-refractivity contribution is -0.143. The highest BCUT2D eigenvalue weighted by molar-refractivity contribution is 7.12. The summed E-state index contributed by atoms with van der Waals surface area (Å²) in [5.74, 6) is -0.638. The van der Waals surface area contributed by atoms with Gasteiger partial charge in [0.1, 0.15) is 0 Å². The summed E-state index contributed by atoms with van der Waals surface area (Å²) in [6.07, 6.45) is 3.69. The smallest absolute Gasteiger partial charge is 0.314 e. The number of aliphatic carboxylic acids is 1. The Bertz CT molecular complexity index is 386. The van der Waals surface area contributed by atoms with Crippen molar-refractivity contribution in [2.45, 2.75) is 44.9 Å². The van der Waals surface area contributed by atoms with Crippen molar-refractivity contribution in [3.8, 4) is 0 Å². The molecule has 3 heteroatoms. The average Bonchev–Trinajstić information content (AvgIpc) is 2.72. The maximum Gasteiger partial charge on any atom is 0.314 e. The van der Waals surface area contributed by atoms with E-state index >= 15 is 0 Å². The number of carboxylic acid groups (broad SMARTS) is 1. The van der Waals surface area contributed by atoms with Crippen molar-refractivity contribution in [1.29, 1.82) is 0 Å². The Labute approximate surface area is 93.9 Å². The van der Waals surface area contributed by atoms with Crippen LogP contribution < -0.4 is 0 Å². The predicted octanol–water partition coefficient (Wildman–Crippen LogP) is 3.26. The maximum atomic E-state index is 11.5. The quantitative estimate of drug-likeness (QED) is 0.837. The van der Waals surface area contributed by atoms with Crippen LogP contribution in [-0.2, 0) is 10.2 Å². The molecule has 0 radical (unpaired) electrons. The Balaban J connectivity index is 2.49. The van der Waals surface area contributed by atoms with Gasteiger partial charge in [0, 0.05) is 9.75 Å². The third kappa shape index (κ3) is 1.59. The first-order valence-corrected chi connectivity index (χ1v) is 6.19. The fraction of sp³-hybridized carbons (Fsp3) is 0.583. The molecular formula is C12H16O2S. The molecule has 0 bridgehead atoms. The van der Waals surface area contributed by atoms with E-state index in [1.807, 2.05) is 13.8 Å². The maximum absolute atomic E-state index is 11.5. The summed E-state index contributed by atoms with van der Waals surface area (Å²) >= 11 is 1.71. The zero-order valence-electron chi connectivity index (χ0n) is 9.17. The summed E-state index contributed by atoms with van der Waals surface area (Å²) in [6.45, 7) is 4.08. The molecule has 0 aliphatic heterocycles. The zero-order chi connectivity index (χ0) is 11.1. The average molecular weight is 224 g/mol. The molecule has 1 aromatic rings. The first-order valence-electron chi connectivity index (χ1n) is 5.37. The molecule has 1 N–H and O–H groups in total. The van der Waals surface area contributed by atoms with Gasteiger partial charge in [-0.25, -0.2) is 0 Å². The summed E-state index contributed by atoms with van der Waals surface area (Å²) in [5.41, 5.74) is 0.490. The Hall–Kier alpha value is -0.830. The van der Waals surface area contributed by atoms with E-state index in [0.717, 1.165) is 31.2 Å². The van der Waals surface area contributed by atoms with Crippen molar-refractivity contribution in [3.63, 3.8) is 0 Å². The standard InChI is InChI=1S/C12H16O2S/c1-8-7-10(9(2)15-8)12(11(13)14)5-3-4-6-12/h7H,3-6H2,1-2H3,(H,13,14). The molecule has 0 unspecified atom stereocenters. The first-order chi connectivity index (χ1) is 7.06. The van der Waals surface area contributed by atoms with E-state index in [-0.39, 0.29) is 0 Å². The van der Waals surface area contributed by atoms with Crippen molar-refractivity contribution in [1.82, 2.24) is 0 Å². The summed E-state index contributed by atoms with van der Waals surface area (Å²) < 4.78 is 0. The van der Waals surface area contributed by atoms with Gasteiger partial charge in [-0.1, -0.05) is 12.8 Å². The highest BCUT2D eigenvalue weighted by Crippen LogP contribution is 2.44. The van der Waals surface area contributed by atoms with Gasteiger partial charge in [0.15, 0.2) is 0 Å². The predicted molar refractivity (Wildman–Crippen MR) is 61.6 cm³/mol. The molecular weight excluding hydrogens is 208 g/mol. The molecule has 15 heavy (non-hydrogen) atoms.